The van der Waals surface area contributed by atoms with Gasteiger partial charge in [0.2, 0.25) is 5.91 Å². The van der Waals surface area contributed by atoms with Crippen LogP contribution in [0.4, 0.5) is 0 Å². The fourth-order valence-corrected chi connectivity index (χ4v) is 1.62. The number of carbonyl (C=O) groups is 3. The molecule has 6 nitrogen and oxygen atoms in total. The van der Waals surface area contributed by atoms with E-state index in [1.54, 1.807) is 18.2 Å². The molecule has 0 bridgehead atoms. The Morgan fingerprint density at radius 2 is 1.89 bits per heavy atom. The molecule has 1 aromatic rings. The molecule has 0 saturated heterocycles. The van der Waals surface area contributed by atoms with E-state index < -0.39 is 24.3 Å². The predicted octanol–water partition coefficient (Wildman–Crippen LogP) is 0.579. The number of carboxylic acid groups (broad SMARTS) is 1. The third-order valence-electron chi connectivity index (χ3n) is 2.22. The molecule has 0 aliphatic heterocycles. The minimum atomic E-state index is -1.15. The second-order valence-corrected chi connectivity index (χ2v) is 4.24. The monoisotopic (exact) mass is 284 g/mol. The van der Waals surface area contributed by atoms with Crippen LogP contribution < -0.4 is 10.6 Å². The van der Waals surface area contributed by atoms with Crippen LogP contribution in [0.15, 0.2) is 18.2 Å². The van der Waals surface area contributed by atoms with Crippen molar-refractivity contribution in [3.63, 3.8) is 0 Å². The van der Waals surface area contributed by atoms with E-state index >= 15 is 0 Å². The Labute approximate surface area is 114 Å². The molecule has 0 aromatic heterocycles. The van der Waals surface area contributed by atoms with Crippen LogP contribution in [0.5, 0.6) is 0 Å². The lowest BCUT2D eigenvalue weighted by molar-refractivity contribution is -0.137. The summed E-state index contributed by atoms with van der Waals surface area (Å²) < 4.78 is 0. The number of hydrogen-bond acceptors (Lipinski definition) is 3. The molecule has 0 aliphatic rings. The van der Waals surface area contributed by atoms with E-state index in [0.29, 0.717) is 5.02 Å². The Kier molecular flexibility index (Phi) is 5.32. The normalized spacial score (nSPS) is 9.79. The van der Waals surface area contributed by atoms with Crippen LogP contribution in [0.3, 0.4) is 0 Å². The van der Waals surface area contributed by atoms with Crippen molar-refractivity contribution in [2.24, 2.45) is 0 Å². The topological polar surface area (TPSA) is 95.5 Å². The Morgan fingerprint density at radius 1 is 1.21 bits per heavy atom. The number of amides is 2. The Morgan fingerprint density at radius 3 is 2.47 bits per heavy atom. The molecule has 1 rings (SSSR count). The van der Waals surface area contributed by atoms with Gasteiger partial charge in [-0.15, -0.1) is 0 Å². The molecule has 1 aromatic carbocycles. The van der Waals surface area contributed by atoms with Gasteiger partial charge in [0.15, 0.2) is 0 Å². The maximum atomic E-state index is 11.7. The van der Waals surface area contributed by atoms with Gasteiger partial charge in [0, 0.05) is 0 Å². The molecule has 102 valence electrons. The van der Waals surface area contributed by atoms with Crippen molar-refractivity contribution in [3.8, 4) is 0 Å². The van der Waals surface area contributed by atoms with Crippen LogP contribution >= 0.6 is 11.6 Å². The van der Waals surface area contributed by atoms with Gasteiger partial charge in [-0.1, -0.05) is 17.7 Å². The number of carbonyl (C=O) groups excluding carboxylic acids is 2. The first-order valence-corrected chi connectivity index (χ1v) is 5.81. The molecule has 0 atom stereocenters. The number of halogens is 1. The predicted molar refractivity (Wildman–Crippen MR) is 69.2 cm³/mol. The average Bonchev–Trinajstić information content (AvgIpc) is 2.33. The van der Waals surface area contributed by atoms with Crippen molar-refractivity contribution >= 4 is 29.4 Å². The zero-order chi connectivity index (χ0) is 14.4. The number of aryl methyl sites for hydroxylation is 1. The summed E-state index contributed by atoms with van der Waals surface area (Å²) in [4.78, 5) is 33.1. The highest BCUT2D eigenvalue weighted by atomic mass is 35.5. The molecular formula is C12H13ClN2O4. The maximum Gasteiger partial charge on any atom is 0.322 e. The highest BCUT2D eigenvalue weighted by Crippen LogP contribution is 2.17. The largest absolute Gasteiger partial charge is 0.480 e. The summed E-state index contributed by atoms with van der Waals surface area (Å²) in [5.41, 5.74) is 1.18. The summed E-state index contributed by atoms with van der Waals surface area (Å²) in [6, 6.07) is 4.93. The van der Waals surface area contributed by atoms with E-state index in [-0.39, 0.29) is 12.1 Å². The van der Waals surface area contributed by atoms with Crippen LogP contribution in [0, 0.1) is 6.92 Å². The van der Waals surface area contributed by atoms with E-state index in [0.717, 1.165) is 5.56 Å². The van der Waals surface area contributed by atoms with Gasteiger partial charge < -0.3 is 15.7 Å². The molecule has 3 N–H and O–H groups in total. The molecule has 7 heteroatoms. The van der Waals surface area contributed by atoms with Crippen molar-refractivity contribution in [1.29, 1.82) is 0 Å². The summed E-state index contributed by atoms with van der Waals surface area (Å²) >= 11 is 5.90. The van der Waals surface area contributed by atoms with Gasteiger partial charge in [-0.25, -0.2) is 0 Å². The summed E-state index contributed by atoms with van der Waals surface area (Å²) in [6.45, 7) is 1.04. The van der Waals surface area contributed by atoms with Crippen molar-refractivity contribution in [2.45, 2.75) is 6.92 Å². The third-order valence-corrected chi connectivity index (χ3v) is 2.53. The second-order valence-electron chi connectivity index (χ2n) is 3.84. The number of benzene rings is 1. The number of nitrogens with one attached hydrogen (secondary N) is 2. The average molecular weight is 285 g/mol. The van der Waals surface area contributed by atoms with Crippen LogP contribution in [0.25, 0.3) is 0 Å². The Balaban J connectivity index is 2.51. The molecule has 19 heavy (non-hydrogen) atoms. The standard InChI is InChI=1S/C12H13ClN2O4/c1-7-2-3-8(9(13)4-7)12(19)15-5-10(16)14-6-11(17)18/h2-4H,5-6H2,1H3,(H,14,16)(H,15,19)(H,17,18). The summed E-state index contributed by atoms with van der Waals surface area (Å²) in [7, 11) is 0. The van der Waals surface area contributed by atoms with E-state index in [4.69, 9.17) is 16.7 Å². The molecular weight excluding hydrogens is 272 g/mol. The van der Waals surface area contributed by atoms with Crippen molar-refractivity contribution in [1.82, 2.24) is 10.6 Å². The van der Waals surface area contributed by atoms with Crippen LogP contribution in [-0.2, 0) is 9.59 Å². The number of rotatable bonds is 5. The second kappa shape index (κ2) is 6.75. The first-order chi connectivity index (χ1) is 8.90. The highest BCUT2D eigenvalue weighted by Gasteiger charge is 2.11. The molecule has 0 radical (unpaired) electrons. The fourth-order valence-electron chi connectivity index (χ4n) is 1.30. The highest BCUT2D eigenvalue weighted by molar-refractivity contribution is 6.33. The van der Waals surface area contributed by atoms with Crippen molar-refractivity contribution < 1.29 is 19.5 Å². The van der Waals surface area contributed by atoms with E-state index in [1.807, 2.05) is 6.92 Å². The zero-order valence-electron chi connectivity index (χ0n) is 10.2. The molecule has 0 fully saturated rings. The lowest BCUT2D eigenvalue weighted by Crippen LogP contribution is -2.39. The Hall–Kier alpha value is -2.08. The van der Waals surface area contributed by atoms with Gasteiger partial charge in [-0.2, -0.15) is 0 Å². The smallest absolute Gasteiger partial charge is 0.322 e. The lowest BCUT2D eigenvalue weighted by atomic mass is 10.1. The van der Waals surface area contributed by atoms with Gasteiger partial charge >= 0.3 is 5.97 Å². The van der Waals surface area contributed by atoms with Gasteiger partial charge in [-0.05, 0) is 24.6 Å². The van der Waals surface area contributed by atoms with E-state index in [2.05, 4.69) is 10.6 Å². The quantitative estimate of drug-likeness (QED) is 0.737. The molecule has 2 amide bonds. The van der Waals surface area contributed by atoms with Crippen LogP contribution in [-0.4, -0.2) is 36.0 Å². The first-order valence-electron chi connectivity index (χ1n) is 5.43. The lowest BCUT2D eigenvalue weighted by Gasteiger charge is -2.07. The summed E-state index contributed by atoms with van der Waals surface area (Å²) in [5.74, 6) is -2.23. The minimum absolute atomic E-state index is 0.262. The molecule has 0 saturated carbocycles. The molecule has 0 aliphatic carbocycles. The summed E-state index contributed by atoms with van der Waals surface area (Å²) in [5, 5.41) is 13.1. The minimum Gasteiger partial charge on any atom is -0.480 e. The van der Waals surface area contributed by atoms with Crippen LogP contribution in [0.2, 0.25) is 5.02 Å². The van der Waals surface area contributed by atoms with Gasteiger partial charge in [0.05, 0.1) is 17.1 Å². The van der Waals surface area contributed by atoms with Gasteiger partial charge in [0.1, 0.15) is 6.54 Å². The van der Waals surface area contributed by atoms with E-state index in [1.165, 1.54) is 0 Å². The zero-order valence-corrected chi connectivity index (χ0v) is 11.0. The first kappa shape index (κ1) is 15.0. The fraction of sp³-hybridized carbons (Fsp3) is 0.250. The van der Waals surface area contributed by atoms with Crippen molar-refractivity contribution in [3.05, 3.63) is 34.3 Å². The molecule has 0 heterocycles. The maximum absolute atomic E-state index is 11.7. The number of carboxylic acids is 1. The number of aliphatic carboxylic acids is 1. The SMILES string of the molecule is Cc1ccc(C(=O)NCC(=O)NCC(=O)O)c(Cl)c1. The summed E-state index contributed by atoms with van der Waals surface area (Å²) in [6.07, 6.45) is 0. The van der Waals surface area contributed by atoms with E-state index in [9.17, 15) is 14.4 Å². The van der Waals surface area contributed by atoms with Crippen LogP contribution in [0.1, 0.15) is 15.9 Å². The number of hydrogen-bond donors (Lipinski definition) is 3. The van der Waals surface area contributed by atoms with Gasteiger partial charge in [-0.3, -0.25) is 14.4 Å². The van der Waals surface area contributed by atoms with Crippen molar-refractivity contribution in [2.75, 3.05) is 13.1 Å². The third kappa shape index (κ3) is 4.97. The molecule has 0 spiro atoms. The molecule has 0 unspecified atom stereocenters. The Bertz CT molecular complexity index is 516. The van der Waals surface area contributed by atoms with Gasteiger partial charge in [0.25, 0.3) is 5.91 Å².